The molecule has 1 aliphatic carbocycles. The summed E-state index contributed by atoms with van der Waals surface area (Å²) in [6.07, 6.45) is 4.62. The second-order valence-corrected chi connectivity index (χ2v) is 11.5. The van der Waals surface area contributed by atoms with Crippen LogP contribution in [0.1, 0.15) is 32.6 Å². The van der Waals surface area contributed by atoms with Crippen molar-refractivity contribution in [3.8, 4) is 11.4 Å². The molecule has 2 aromatic rings. The molecule has 9 nitrogen and oxygen atoms in total. The van der Waals surface area contributed by atoms with Crippen molar-refractivity contribution in [2.75, 3.05) is 32.1 Å². The summed E-state index contributed by atoms with van der Waals surface area (Å²) < 4.78 is 34.1. The molecule has 2 fully saturated rings. The minimum absolute atomic E-state index is 0.0148. The van der Waals surface area contributed by atoms with Gasteiger partial charge in [-0.3, -0.25) is 4.79 Å². The van der Waals surface area contributed by atoms with Crippen LogP contribution in [0.2, 0.25) is 0 Å². The van der Waals surface area contributed by atoms with E-state index in [0.29, 0.717) is 43.2 Å². The third-order valence-corrected chi connectivity index (χ3v) is 9.28. The highest BCUT2D eigenvalue weighted by molar-refractivity contribution is 7.99. The van der Waals surface area contributed by atoms with Crippen molar-refractivity contribution in [3.63, 3.8) is 0 Å². The predicted molar refractivity (Wildman–Crippen MR) is 126 cm³/mol. The summed E-state index contributed by atoms with van der Waals surface area (Å²) in [7, 11) is -1.69. The number of thioether (sulfide) groups is 1. The molecule has 1 aromatic heterocycles. The maximum absolute atomic E-state index is 12.8. The number of morpholine rings is 1. The Balaban J connectivity index is 1.38. The zero-order chi connectivity index (χ0) is 23.4. The molecular weight excluding hydrogens is 462 g/mol. The summed E-state index contributed by atoms with van der Waals surface area (Å²) in [5.74, 6) is 1.44. The van der Waals surface area contributed by atoms with E-state index < -0.39 is 10.0 Å². The van der Waals surface area contributed by atoms with Gasteiger partial charge in [0, 0.05) is 31.7 Å². The Bertz CT molecular complexity index is 1060. The van der Waals surface area contributed by atoms with Gasteiger partial charge in [0.15, 0.2) is 11.0 Å². The third kappa shape index (κ3) is 5.59. The highest BCUT2D eigenvalue weighted by atomic mass is 32.2. The number of amides is 1. The van der Waals surface area contributed by atoms with Gasteiger partial charge in [-0.25, -0.2) is 8.42 Å². The summed E-state index contributed by atoms with van der Waals surface area (Å²) in [6.45, 7) is 3.74. The van der Waals surface area contributed by atoms with E-state index in [2.05, 4.69) is 22.4 Å². The van der Waals surface area contributed by atoms with E-state index in [1.807, 2.05) is 11.6 Å². The van der Waals surface area contributed by atoms with Gasteiger partial charge in [0.05, 0.1) is 23.9 Å². The molecule has 1 saturated heterocycles. The number of sulfonamides is 1. The quantitative estimate of drug-likeness (QED) is 0.590. The van der Waals surface area contributed by atoms with Crippen molar-refractivity contribution in [1.82, 2.24) is 24.4 Å². The number of carbonyl (C=O) groups excluding carboxylic acids is 1. The van der Waals surface area contributed by atoms with Crippen molar-refractivity contribution < 1.29 is 17.9 Å². The summed E-state index contributed by atoms with van der Waals surface area (Å²) in [6, 6.07) is 6.93. The number of nitrogens with zero attached hydrogens (tertiary/aromatic N) is 4. The van der Waals surface area contributed by atoms with Gasteiger partial charge in [0.2, 0.25) is 15.9 Å². The van der Waals surface area contributed by atoms with Crippen LogP contribution in [-0.2, 0) is 26.6 Å². The minimum Gasteiger partial charge on any atom is -0.379 e. The van der Waals surface area contributed by atoms with E-state index in [-0.39, 0.29) is 22.6 Å². The fourth-order valence-electron chi connectivity index (χ4n) is 4.31. The molecule has 2 atom stereocenters. The van der Waals surface area contributed by atoms with E-state index in [4.69, 9.17) is 4.74 Å². The topological polar surface area (TPSA) is 106 Å². The van der Waals surface area contributed by atoms with Gasteiger partial charge in [-0.05, 0) is 43.0 Å². The molecule has 0 radical (unpaired) electrons. The predicted octanol–water partition coefficient (Wildman–Crippen LogP) is 2.29. The molecule has 4 rings (SSSR count). The standard InChI is InChI=1S/C22H31N5O4S2/c1-16-5-3-4-6-19(16)23-20(28)15-32-22-25-24-21(26(22)2)17-7-9-18(10-8-17)33(29,30)27-11-13-31-14-12-27/h7-10,16,19H,3-6,11-15H2,1-2H3,(H,23,28)/t16-,19-/m0/s1. The lowest BCUT2D eigenvalue weighted by Gasteiger charge is -2.29. The van der Waals surface area contributed by atoms with Crippen LogP contribution in [0.15, 0.2) is 34.3 Å². The van der Waals surface area contributed by atoms with Gasteiger partial charge in [0.1, 0.15) is 0 Å². The van der Waals surface area contributed by atoms with Gasteiger partial charge >= 0.3 is 0 Å². The molecule has 180 valence electrons. The van der Waals surface area contributed by atoms with Crippen molar-refractivity contribution in [2.45, 2.75) is 48.7 Å². The number of rotatable bonds is 7. The first-order chi connectivity index (χ1) is 15.9. The molecule has 1 N–H and O–H groups in total. The van der Waals surface area contributed by atoms with Crippen LogP contribution < -0.4 is 5.32 Å². The number of benzene rings is 1. The maximum atomic E-state index is 12.8. The van der Waals surface area contributed by atoms with Gasteiger partial charge < -0.3 is 14.6 Å². The highest BCUT2D eigenvalue weighted by Crippen LogP contribution is 2.26. The fraction of sp³-hybridized carbons (Fsp3) is 0.591. The zero-order valence-electron chi connectivity index (χ0n) is 19.1. The Morgan fingerprint density at radius 2 is 1.85 bits per heavy atom. The monoisotopic (exact) mass is 493 g/mol. The van der Waals surface area contributed by atoms with Crippen LogP contribution in [0.5, 0.6) is 0 Å². The third-order valence-electron chi connectivity index (χ3n) is 6.35. The molecule has 2 heterocycles. The molecule has 0 bridgehead atoms. The van der Waals surface area contributed by atoms with Gasteiger partial charge in [-0.2, -0.15) is 4.31 Å². The second-order valence-electron chi connectivity index (χ2n) is 8.63. The number of hydrogen-bond acceptors (Lipinski definition) is 7. The average Bonchev–Trinajstić information content (AvgIpc) is 3.20. The van der Waals surface area contributed by atoms with E-state index >= 15 is 0 Å². The molecule has 1 amide bonds. The van der Waals surface area contributed by atoms with E-state index in [9.17, 15) is 13.2 Å². The summed E-state index contributed by atoms with van der Waals surface area (Å²) >= 11 is 1.35. The van der Waals surface area contributed by atoms with Gasteiger partial charge in [0.25, 0.3) is 0 Å². The molecule has 11 heteroatoms. The fourth-order valence-corrected chi connectivity index (χ4v) is 6.44. The molecule has 33 heavy (non-hydrogen) atoms. The average molecular weight is 494 g/mol. The van der Waals surface area contributed by atoms with E-state index in [0.717, 1.165) is 18.4 Å². The van der Waals surface area contributed by atoms with Gasteiger partial charge in [-0.15, -0.1) is 10.2 Å². The van der Waals surface area contributed by atoms with Crippen molar-refractivity contribution in [3.05, 3.63) is 24.3 Å². The molecule has 0 spiro atoms. The maximum Gasteiger partial charge on any atom is 0.243 e. The SMILES string of the molecule is C[C@H]1CCCC[C@@H]1NC(=O)CSc1nnc(-c2ccc(S(=O)(=O)N3CCOCC3)cc2)n1C. The first-order valence-corrected chi connectivity index (χ1v) is 13.8. The Labute approximate surface area is 199 Å². The summed E-state index contributed by atoms with van der Waals surface area (Å²) in [5.41, 5.74) is 0.762. The Hall–Kier alpha value is -1.95. The van der Waals surface area contributed by atoms with Crippen molar-refractivity contribution >= 4 is 27.7 Å². The molecule has 2 aliphatic rings. The molecular formula is C22H31N5O4S2. The summed E-state index contributed by atoms with van der Waals surface area (Å²) in [4.78, 5) is 12.7. The van der Waals surface area contributed by atoms with Crippen molar-refractivity contribution in [1.29, 1.82) is 0 Å². The molecule has 0 unspecified atom stereocenters. The number of ether oxygens (including phenoxy) is 1. The first kappa shape index (κ1) is 24.2. The van der Waals surface area contributed by atoms with Crippen LogP contribution in [0.3, 0.4) is 0 Å². The lowest BCUT2D eigenvalue weighted by atomic mass is 9.86. The number of hydrogen-bond donors (Lipinski definition) is 1. The van der Waals surface area contributed by atoms with Gasteiger partial charge in [-0.1, -0.05) is 31.5 Å². The lowest BCUT2D eigenvalue weighted by Crippen LogP contribution is -2.41. The van der Waals surface area contributed by atoms with E-state index in [1.165, 1.54) is 28.9 Å². The van der Waals surface area contributed by atoms with Crippen LogP contribution in [0.25, 0.3) is 11.4 Å². The van der Waals surface area contributed by atoms with Crippen LogP contribution in [0, 0.1) is 5.92 Å². The molecule has 1 saturated carbocycles. The molecule has 1 aliphatic heterocycles. The van der Waals surface area contributed by atoms with Crippen molar-refractivity contribution in [2.24, 2.45) is 13.0 Å². The highest BCUT2D eigenvalue weighted by Gasteiger charge is 2.26. The smallest absolute Gasteiger partial charge is 0.243 e. The van der Waals surface area contributed by atoms with Crippen LogP contribution in [0.4, 0.5) is 0 Å². The Kier molecular flexibility index (Phi) is 7.72. The van der Waals surface area contributed by atoms with Crippen LogP contribution in [-0.4, -0.2) is 71.5 Å². The normalized spacial score (nSPS) is 22.2. The minimum atomic E-state index is -3.54. The largest absolute Gasteiger partial charge is 0.379 e. The number of carbonyl (C=O) groups is 1. The lowest BCUT2D eigenvalue weighted by molar-refractivity contribution is -0.119. The second kappa shape index (κ2) is 10.5. The zero-order valence-corrected chi connectivity index (χ0v) is 20.7. The number of aromatic nitrogens is 3. The molecule has 1 aromatic carbocycles. The first-order valence-electron chi connectivity index (χ1n) is 11.4. The Morgan fingerprint density at radius 3 is 2.55 bits per heavy atom. The number of nitrogens with one attached hydrogen (secondary N) is 1. The van der Waals surface area contributed by atoms with E-state index in [1.54, 1.807) is 24.3 Å². The Morgan fingerprint density at radius 1 is 1.15 bits per heavy atom. The summed E-state index contributed by atoms with van der Waals surface area (Å²) in [5, 5.41) is 12.3. The van der Waals surface area contributed by atoms with Crippen LogP contribution >= 0.6 is 11.8 Å².